The summed E-state index contributed by atoms with van der Waals surface area (Å²) in [7, 11) is 0. The third-order valence-corrected chi connectivity index (χ3v) is 3.52. The summed E-state index contributed by atoms with van der Waals surface area (Å²) in [5.74, 6) is -1.79. The van der Waals surface area contributed by atoms with E-state index in [0.29, 0.717) is 31.4 Å². The highest BCUT2D eigenvalue weighted by Gasteiger charge is 2.36. The third kappa shape index (κ3) is 5.02. The summed E-state index contributed by atoms with van der Waals surface area (Å²) >= 11 is 0. The Labute approximate surface area is 130 Å². The number of nitrogens with zero attached hydrogens (tertiary/aromatic N) is 1. The van der Waals surface area contributed by atoms with Crippen molar-refractivity contribution in [3.63, 3.8) is 0 Å². The Kier molecular flexibility index (Phi) is 7.36. The van der Waals surface area contributed by atoms with E-state index >= 15 is 0 Å². The lowest BCUT2D eigenvalue weighted by Crippen LogP contribution is -2.28. The van der Waals surface area contributed by atoms with Gasteiger partial charge < -0.3 is 14.4 Å². The summed E-state index contributed by atoms with van der Waals surface area (Å²) in [4.78, 5) is 36.3. The van der Waals surface area contributed by atoms with E-state index in [2.05, 4.69) is 6.58 Å². The first-order valence-corrected chi connectivity index (χ1v) is 7.41. The number of likely N-dealkylation sites (tertiary alicyclic amines) is 1. The predicted octanol–water partition coefficient (Wildman–Crippen LogP) is 1.81. The smallest absolute Gasteiger partial charge is 0.333 e. The number of hydrogen-bond acceptors (Lipinski definition) is 5. The van der Waals surface area contributed by atoms with E-state index in [9.17, 15) is 14.4 Å². The molecule has 1 heterocycles. The second-order valence-electron chi connectivity index (χ2n) is 5.04. The lowest BCUT2D eigenvalue weighted by Gasteiger charge is -2.11. The van der Waals surface area contributed by atoms with Gasteiger partial charge in [0.2, 0.25) is 5.91 Å². The normalized spacial score (nSPS) is 18.3. The van der Waals surface area contributed by atoms with Gasteiger partial charge in [-0.05, 0) is 39.3 Å². The number of ether oxygens (including phenoxy) is 2. The maximum Gasteiger partial charge on any atom is 0.333 e. The zero-order valence-electron chi connectivity index (χ0n) is 13.2. The van der Waals surface area contributed by atoms with Gasteiger partial charge in [-0.3, -0.25) is 9.59 Å². The Bertz CT molecular complexity index is 469. The third-order valence-electron chi connectivity index (χ3n) is 3.52. The Balaban J connectivity index is 2.15. The fourth-order valence-corrected chi connectivity index (χ4v) is 1.98. The number of carbonyl (C=O) groups is 3. The molecule has 1 saturated heterocycles. The van der Waals surface area contributed by atoms with Crippen molar-refractivity contribution < 1.29 is 23.9 Å². The van der Waals surface area contributed by atoms with Crippen molar-refractivity contribution in [1.82, 2.24) is 4.90 Å². The Morgan fingerprint density at radius 3 is 2.50 bits per heavy atom. The quantitative estimate of drug-likeness (QED) is 0.296. The van der Waals surface area contributed by atoms with E-state index in [4.69, 9.17) is 9.47 Å². The number of hydrogen-bond donors (Lipinski definition) is 0. The molecule has 0 radical (unpaired) electrons. The van der Waals surface area contributed by atoms with Crippen molar-refractivity contribution in [2.24, 2.45) is 5.92 Å². The van der Waals surface area contributed by atoms with Crippen LogP contribution in [0.15, 0.2) is 24.4 Å². The molecular formula is C16H23NO5. The van der Waals surface area contributed by atoms with Crippen LogP contribution in [0.25, 0.3) is 0 Å². The molecule has 6 nitrogen and oxygen atoms in total. The Morgan fingerprint density at radius 2 is 1.95 bits per heavy atom. The molecule has 0 aromatic heterocycles. The first kappa shape index (κ1) is 17.9. The maximum absolute atomic E-state index is 11.8. The van der Waals surface area contributed by atoms with Crippen LogP contribution in [0.2, 0.25) is 0 Å². The van der Waals surface area contributed by atoms with E-state index in [-0.39, 0.29) is 25.1 Å². The van der Waals surface area contributed by atoms with Crippen molar-refractivity contribution in [3.8, 4) is 0 Å². The lowest BCUT2D eigenvalue weighted by molar-refractivity contribution is -0.152. The minimum absolute atomic E-state index is 0.219. The second kappa shape index (κ2) is 9.02. The number of esters is 2. The van der Waals surface area contributed by atoms with Crippen molar-refractivity contribution in [2.45, 2.75) is 33.1 Å². The first-order valence-electron chi connectivity index (χ1n) is 7.41. The predicted molar refractivity (Wildman–Crippen MR) is 80.6 cm³/mol. The summed E-state index contributed by atoms with van der Waals surface area (Å²) in [6.07, 6.45) is 4.77. The molecule has 0 aromatic rings. The van der Waals surface area contributed by atoms with Gasteiger partial charge in [0, 0.05) is 12.1 Å². The van der Waals surface area contributed by atoms with Gasteiger partial charge in [0.25, 0.3) is 0 Å². The molecule has 0 aliphatic carbocycles. The fourth-order valence-electron chi connectivity index (χ4n) is 1.98. The molecule has 0 aromatic carbocycles. The average Bonchev–Trinajstić information content (AvgIpc) is 2.90. The van der Waals surface area contributed by atoms with Gasteiger partial charge in [-0.25, -0.2) is 4.79 Å². The fraction of sp³-hybridized carbons (Fsp3) is 0.562. The molecular weight excluding hydrogens is 286 g/mol. The van der Waals surface area contributed by atoms with Crippen LogP contribution in [0, 0.1) is 5.92 Å². The van der Waals surface area contributed by atoms with Crippen LogP contribution in [0.5, 0.6) is 0 Å². The zero-order valence-corrected chi connectivity index (χ0v) is 13.2. The number of amides is 1. The molecule has 1 fully saturated rings. The summed E-state index contributed by atoms with van der Waals surface area (Å²) < 4.78 is 10.1. The monoisotopic (exact) mass is 309 g/mol. The molecule has 1 amide bonds. The van der Waals surface area contributed by atoms with Crippen molar-refractivity contribution in [3.05, 3.63) is 24.4 Å². The standard InChI is InChI=1S/C16H23NO5/c1-4-12(3)15(19)21-10-6-7-11-22-16(20)13-8-9-17(5-2)14(13)18/h4-5,13H,2,6-11H2,1,3H3/b12-4-. The Morgan fingerprint density at radius 1 is 1.32 bits per heavy atom. The van der Waals surface area contributed by atoms with Gasteiger partial charge in [-0.15, -0.1) is 0 Å². The van der Waals surface area contributed by atoms with Gasteiger partial charge in [-0.2, -0.15) is 0 Å². The van der Waals surface area contributed by atoms with E-state index in [1.54, 1.807) is 19.9 Å². The molecule has 122 valence electrons. The number of unbranched alkanes of at least 4 members (excludes halogenated alkanes) is 1. The van der Waals surface area contributed by atoms with E-state index in [0.717, 1.165) is 0 Å². The van der Waals surface area contributed by atoms with Crippen LogP contribution in [0.1, 0.15) is 33.1 Å². The average molecular weight is 309 g/mol. The van der Waals surface area contributed by atoms with Crippen LogP contribution in [-0.2, 0) is 23.9 Å². The largest absolute Gasteiger partial charge is 0.465 e. The summed E-state index contributed by atoms with van der Waals surface area (Å²) in [5, 5.41) is 0. The van der Waals surface area contributed by atoms with Crippen LogP contribution in [0.3, 0.4) is 0 Å². The summed E-state index contributed by atoms with van der Waals surface area (Å²) in [5.41, 5.74) is 0.568. The highest BCUT2D eigenvalue weighted by atomic mass is 16.5. The second-order valence-corrected chi connectivity index (χ2v) is 5.04. The minimum Gasteiger partial charge on any atom is -0.465 e. The van der Waals surface area contributed by atoms with Crippen LogP contribution in [0.4, 0.5) is 0 Å². The molecule has 1 aliphatic heterocycles. The molecule has 0 bridgehead atoms. The van der Waals surface area contributed by atoms with Crippen LogP contribution < -0.4 is 0 Å². The molecule has 22 heavy (non-hydrogen) atoms. The van der Waals surface area contributed by atoms with Crippen LogP contribution >= 0.6 is 0 Å². The maximum atomic E-state index is 11.8. The van der Waals surface area contributed by atoms with Crippen molar-refractivity contribution >= 4 is 17.8 Å². The van der Waals surface area contributed by atoms with Gasteiger partial charge in [0.1, 0.15) is 5.92 Å². The molecule has 1 atom stereocenters. The number of allylic oxidation sites excluding steroid dienone is 1. The number of rotatable bonds is 8. The molecule has 0 spiro atoms. The number of carbonyl (C=O) groups excluding carboxylic acids is 3. The minimum atomic E-state index is -0.715. The molecule has 0 N–H and O–H groups in total. The van der Waals surface area contributed by atoms with E-state index in [1.165, 1.54) is 11.1 Å². The molecule has 1 rings (SSSR count). The first-order chi connectivity index (χ1) is 10.5. The van der Waals surface area contributed by atoms with Crippen LogP contribution in [-0.4, -0.2) is 42.5 Å². The van der Waals surface area contributed by atoms with Gasteiger partial charge >= 0.3 is 11.9 Å². The van der Waals surface area contributed by atoms with Gasteiger partial charge in [-0.1, -0.05) is 12.7 Å². The molecule has 1 aliphatic rings. The highest BCUT2D eigenvalue weighted by Crippen LogP contribution is 2.19. The SMILES string of the molecule is C=CN1CCC(C(=O)OCCCCOC(=O)/C(C)=C\C)C1=O. The topological polar surface area (TPSA) is 72.9 Å². The molecule has 6 heteroatoms. The summed E-state index contributed by atoms with van der Waals surface area (Å²) in [6, 6.07) is 0. The lowest BCUT2D eigenvalue weighted by atomic mass is 10.1. The van der Waals surface area contributed by atoms with Gasteiger partial charge in [0.15, 0.2) is 0 Å². The Hall–Kier alpha value is -2.11. The van der Waals surface area contributed by atoms with Crippen molar-refractivity contribution in [2.75, 3.05) is 19.8 Å². The molecule has 1 unspecified atom stereocenters. The summed E-state index contributed by atoms with van der Waals surface area (Å²) in [6.45, 7) is 7.99. The highest BCUT2D eigenvalue weighted by molar-refractivity contribution is 5.99. The van der Waals surface area contributed by atoms with Gasteiger partial charge in [0.05, 0.1) is 13.2 Å². The molecule has 0 saturated carbocycles. The zero-order chi connectivity index (χ0) is 16.5. The van der Waals surface area contributed by atoms with E-state index < -0.39 is 11.9 Å². The van der Waals surface area contributed by atoms with E-state index in [1.807, 2.05) is 0 Å². The van der Waals surface area contributed by atoms with Crippen molar-refractivity contribution in [1.29, 1.82) is 0 Å².